The summed E-state index contributed by atoms with van der Waals surface area (Å²) >= 11 is 2.45. The molecule has 2 aromatic heterocycles. The molecule has 3 atom stereocenters. The number of anilines is 1. The maximum atomic E-state index is 13.8. The Hall–Kier alpha value is -3.44. The molecule has 6 rings (SSSR count). The molecule has 0 spiro atoms. The van der Waals surface area contributed by atoms with Gasteiger partial charge in [0.25, 0.3) is 11.8 Å². The summed E-state index contributed by atoms with van der Waals surface area (Å²) in [6.45, 7) is 0.333. The Morgan fingerprint density at radius 3 is 2.94 bits per heavy atom. The molecule has 2 amide bonds. The lowest BCUT2D eigenvalue weighted by Gasteiger charge is -2.27. The number of benzene rings is 2. The van der Waals surface area contributed by atoms with Crippen molar-refractivity contribution in [1.29, 1.82) is 0 Å². The Bertz CT molecular complexity index is 1440. The van der Waals surface area contributed by atoms with Gasteiger partial charge in [-0.1, -0.05) is 28.0 Å². The largest absolute Gasteiger partial charge is 0.375 e. The van der Waals surface area contributed by atoms with Crippen molar-refractivity contribution < 1.29 is 14.0 Å². The average molecular weight is 495 g/mol. The third kappa shape index (κ3) is 3.70. The molecule has 8 nitrogen and oxygen atoms in total. The molecule has 2 unspecified atom stereocenters. The smallest absolute Gasteiger partial charge is 0.274 e. The van der Waals surface area contributed by atoms with Gasteiger partial charge in [-0.05, 0) is 66.2 Å². The summed E-state index contributed by atoms with van der Waals surface area (Å²) in [6.07, 6.45) is 1.76. The van der Waals surface area contributed by atoms with Gasteiger partial charge in [-0.25, -0.2) is 9.37 Å². The summed E-state index contributed by atoms with van der Waals surface area (Å²) in [6, 6.07) is 11.3. The molecule has 1 aliphatic heterocycles. The number of rotatable bonds is 5. The Kier molecular flexibility index (Phi) is 5.03. The zero-order chi connectivity index (χ0) is 23.4. The van der Waals surface area contributed by atoms with Gasteiger partial charge in [0, 0.05) is 18.2 Å². The molecular formula is C23H19FN6O2S2. The molecule has 34 heavy (non-hydrogen) atoms. The number of carbonyl (C=O) groups is 2. The third-order valence-electron chi connectivity index (χ3n) is 6.39. The maximum Gasteiger partial charge on any atom is 0.274 e. The molecule has 172 valence electrons. The van der Waals surface area contributed by atoms with Crippen molar-refractivity contribution in [1.82, 2.24) is 24.8 Å². The standard InChI is InChI=1S/C23H19FN6O2S2/c24-14-3-1-2-11(6-14)20-19(27-23(25)33-20)22(32)30-15(7-13-9-17(13)30)10-26-21(31)12-4-5-18-16(8-12)28-29-34-18/h1-6,8,13,15,17H,7,9-10H2,(H2,25,27)(H,26,31)/t13?,15-,17?/m0/s1. The Morgan fingerprint density at radius 2 is 2.09 bits per heavy atom. The normalized spacial score (nSPS) is 21.0. The SMILES string of the molecule is Nc1nc(C(=O)N2C3CC3C[C@H]2CNC(=O)c2ccc3snnc3c2)c(-c2cccc(F)c2)s1. The summed E-state index contributed by atoms with van der Waals surface area (Å²) in [5, 5.41) is 7.24. The van der Waals surface area contributed by atoms with Crippen LogP contribution in [-0.2, 0) is 0 Å². The average Bonchev–Trinajstić information content (AvgIpc) is 3.18. The highest BCUT2D eigenvalue weighted by Crippen LogP contribution is 2.49. The zero-order valence-corrected chi connectivity index (χ0v) is 19.4. The summed E-state index contributed by atoms with van der Waals surface area (Å²) < 4.78 is 18.6. The molecule has 1 saturated heterocycles. The van der Waals surface area contributed by atoms with Crippen LogP contribution >= 0.6 is 22.9 Å². The van der Waals surface area contributed by atoms with E-state index in [1.54, 1.807) is 24.3 Å². The summed E-state index contributed by atoms with van der Waals surface area (Å²) in [7, 11) is 0. The highest BCUT2D eigenvalue weighted by Gasteiger charge is 2.54. The number of nitrogens with one attached hydrogen (secondary N) is 1. The van der Waals surface area contributed by atoms with E-state index in [-0.39, 0.29) is 34.7 Å². The molecule has 2 aliphatic rings. The Morgan fingerprint density at radius 1 is 1.21 bits per heavy atom. The van der Waals surface area contributed by atoms with Crippen molar-refractivity contribution in [2.75, 3.05) is 12.3 Å². The lowest BCUT2D eigenvalue weighted by Crippen LogP contribution is -2.45. The van der Waals surface area contributed by atoms with Crippen LogP contribution in [0.2, 0.25) is 0 Å². The number of halogens is 1. The number of fused-ring (bicyclic) bond motifs is 2. The van der Waals surface area contributed by atoms with Crippen LogP contribution in [0.1, 0.15) is 33.7 Å². The first kappa shape index (κ1) is 21.1. The van der Waals surface area contributed by atoms with E-state index < -0.39 is 5.82 Å². The minimum absolute atomic E-state index is 0.134. The number of thiazole rings is 1. The van der Waals surface area contributed by atoms with Gasteiger partial charge in [0.2, 0.25) is 0 Å². The summed E-state index contributed by atoms with van der Waals surface area (Å²) in [5.41, 5.74) is 7.93. The molecule has 3 N–H and O–H groups in total. The van der Waals surface area contributed by atoms with Gasteiger partial charge in [0.15, 0.2) is 5.13 Å². The fraction of sp³-hybridized carbons (Fsp3) is 0.261. The van der Waals surface area contributed by atoms with E-state index in [1.807, 2.05) is 11.0 Å². The van der Waals surface area contributed by atoms with Crippen LogP contribution in [0, 0.1) is 11.7 Å². The highest BCUT2D eigenvalue weighted by molar-refractivity contribution is 7.19. The number of hydrogen-bond acceptors (Lipinski definition) is 8. The second-order valence-corrected chi connectivity index (χ2v) is 10.4. The minimum Gasteiger partial charge on any atom is -0.375 e. The number of aromatic nitrogens is 3. The van der Waals surface area contributed by atoms with Crippen molar-refractivity contribution in [3.63, 3.8) is 0 Å². The molecule has 0 radical (unpaired) electrons. The molecular weight excluding hydrogens is 475 g/mol. The molecule has 0 bridgehead atoms. The molecule has 1 aliphatic carbocycles. The summed E-state index contributed by atoms with van der Waals surface area (Å²) in [4.78, 5) is 33.1. The fourth-order valence-corrected chi connectivity index (χ4v) is 6.08. The molecule has 4 aromatic rings. The van der Waals surface area contributed by atoms with Crippen molar-refractivity contribution in [2.45, 2.75) is 24.9 Å². The lowest BCUT2D eigenvalue weighted by atomic mass is 10.1. The highest BCUT2D eigenvalue weighted by atomic mass is 32.1. The molecule has 11 heteroatoms. The first-order chi connectivity index (χ1) is 16.5. The maximum absolute atomic E-state index is 13.8. The van der Waals surface area contributed by atoms with Crippen molar-refractivity contribution >= 4 is 50.0 Å². The van der Waals surface area contributed by atoms with Gasteiger partial charge in [-0.2, -0.15) is 0 Å². The van der Waals surface area contributed by atoms with Crippen LogP contribution in [0.25, 0.3) is 20.7 Å². The van der Waals surface area contributed by atoms with Gasteiger partial charge in [-0.15, -0.1) is 5.10 Å². The van der Waals surface area contributed by atoms with E-state index in [1.165, 1.54) is 35.0 Å². The topological polar surface area (TPSA) is 114 Å². The number of nitrogens with zero attached hydrogens (tertiary/aromatic N) is 4. The van der Waals surface area contributed by atoms with Crippen LogP contribution in [0.5, 0.6) is 0 Å². The zero-order valence-electron chi connectivity index (χ0n) is 17.8. The van der Waals surface area contributed by atoms with E-state index in [0.717, 1.165) is 17.5 Å². The van der Waals surface area contributed by atoms with Crippen LogP contribution in [0.4, 0.5) is 9.52 Å². The van der Waals surface area contributed by atoms with Crippen LogP contribution < -0.4 is 11.1 Å². The van der Waals surface area contributed by atoms with E-state index in [0.29, 0.717) is 34.0 Å². The monoisotopic (exact) mass is 494 g/mol. The quantitative estimate of drug-likeness (QED) is 0.438. The van der Waals surface area contributed by atoms with Gasteiger partial charge in [0.05, 0.1) is 15.6 Å². The third-order valence-corrected chi connectivity index (χ3v) is 8.02. The predicted octanol–water partition coefficient (Wildman–Crippen LogP) is 3.57. The molecule has 3 heterocycles. The van der Waals surface area contributed by atoms with E-state index >= 15 is 0 Å². The fourth-order valence-electron chi connectivity index (χ4n) is 4.72. The number of likely N-dealkylation sites (tertiary alicyclic amines) is 1. The predicted molar refractivity (Wildman–Crippen MR) is 128 cm³/mol. The van der Waals surface area contributed by atoms with Gasteiger partial charge in [-0.3, -0.25) is 9.59 Å². The number of carbonyl (C=O) groups excluding carboxylic acids is 2. The number of nitrogens with two attached hydrogens (primary N) is 1. The van der Waals surface area contributed by atoms with E-state index in [2.05, 4.69) is 19.9 Å². The van der Waals surface area contributed by atoms with Crippen LogP contribution in [-0.4, -0.2) is 49.9 Å². The van der Waals surface area contributed by atoms with Crippen molar-refractivity contribution in [3.8, 4) is 10.4 Å². The first-order valence-corrected chi connectivity index (χ1v) is 12.4. The van der Waals surface area contributed by atoms with Crippen LogP contribution in [0.15, 0.2) is 42.5 Å². The first-order valence-electron chi connectivity index (χ1n) is 10.8. The second-order valence-electron chi connectivity index (χ2n) is 8.57. The van der Waals surface area contributed by atoms with Gasteiger partial charge < -0.3 is 16.0 Å². The molecule has 1 saturated carbocycles. The molecule has 2 aromatic carbocycles. The Labute approximate surface area is 201 Å². The number of nitrogen functional groups attached to an aromatic ring is 1. The number of amides is 2. The second kappa shape index (κ2) is 8.10. The van der Waals surface area contributed by atoms with Crippen molar-refractivity contribution in [3.05, 3.63) is 59.5 Å². The van der Waals surface area contributed by atoms with E-state index in [9.17, 15) is 14.0 Å². The molecule has 2 fully saturated rings. The lowest BCUT2D eigenvalue weighted by molar-refractivity contribution is 0.0685. The van der Waals surface area contributed by atoms with Gasteiger partial charge in [0.1, 0.15) is 17.0 Å². The number of piperidine rings is 1. The van der Waals surface area contributed by atoms with Crippen LogP contribution in [0.3, 0.4) is 0 Å². The minimum atomic E-state index is -0.390. The number of hydrogen-bond donors (Lipinski definition) is 2. The van der Waals surface area contributed by atoms with Gasteiger partial charge >= 0.3 is 0 Å². The van der Waals surface area contributed by atoms with Crippen molar-refractivity contribution in [2.24, 2.45) is 5.92 Å². The Balaban J connectivity index is 1.22. The van der Waals surface area contributed by atoms with E-state index in [4.69, 9.17) is 5.73 Å². The summed E-state index contributed by atoms with van der Waals surface area (Å²) in [5.74, 6) is -0.414.